The van der Waals surface area contributed by atoms with Gasteiger partial charge in [-0.3, -0.25) is 14.8 Å². The molecule has 0 bridgehead atoms. The molecule has 1 N–H and O–H groups in total. The molecule has 0 amide bonds. The number of halogens is 1. The first-order valence-corrected chi connectivity index (χ1v) is 7.08. The minimum absolute atomic E-state index is 0.0992. The zero-order valence-corrected chi connectivity index (χ0v) is 12.6. The third kappa shape index (κ3) is 3.57. The van der Waals surface area contributed by atoms with E-state index < -0.39 is 0 Å². The Bertz CT molecular complexity index is 612. The summed E-state index contributed by atoms with van der Waals surface area (Å²) in [5.74, 6) is 0. The average Bonchev–Trinajstić information content (AvgIpc) is 2.82. The molecule has 0 aliphatic carbocycles. The largest absolute Gasteiger partial charge is 0.380 e. The fourth-order valence-corrected chi connectivity index (χ4v) is 2.18. The quantitative estimate of drug-likeness (QED) is 0.646. The Labute approximate surface area is 125 Å². The van der Waals surface area contributed by atoms with Crippen molar-refractivity contribution in [2.45, 2.75) is 19.9 Å². The number of nitrogens with zero attached hydrogens (tertiary/aromatic N) is 3. The van der Waals surface area contributed by atoms with E-state index >= 15 is 0 Å². The Balaban J connectivity index is 2.22. The molecule has 1 heterocycles. The fraction of sp³-hybridized carbons (Fsp3) is 0.308. The van der Waals surface area contributed by atoms with Gasteiger partial charge in [-0.05, 0) is 34.0 Å². The Hall–Kier alpha value is -1.89. The highest BCUT2D eigenvalue weighted by atomic mass is 79.9. The number of hydrogen-bond acceptors (Lipinski definition) is 4. The summed E-state index contributed by atoms with van der Waals surface area (Å²) in [5.41, 5.74) is 1.50. The molecular weight excluding hydrogens is 324 g/mol. The van der Waals surface area contributed by atoms with Crippen LogP contribution in [0.5, 0.6) is 0 Å². The van der Waals surface area contributed by atoms with Crippen LogP contribution < -0.4 is 5.32 Å². The summed E-state index contributed by atoms with van der Waals surface area (Å²) in [6.07, 6.45) is 4.43. The molecule has 6 nitrogen and oxygen atoms in total. The maximum Gasteiger partial charge on any atom is 0.292 e. The minimum Gasteiger partial charge on any atom is -0.380 e. The molecule has 0 unspecified atom stereocenters. The third-order valence-corrected chi connectivity index (χ3v) is 3.18. The number of aromatic nitrogens is 2. The highest BCUT2D eigenvalue weighted by Gasteiger charge is 2.14. The molecule has 0 spiro atoms. The van der Waals surface area contributed by atoms with Gasteiger partial charge in [0.05, 0.1) is 22.1 Å². The smallest absolute Gasteiger partial charge is 0.292 e. The van der Waals surface area contributed by atoms with Gasteiger partial charge in [-0.15, -0.1) is 0 Å². The van der Waals surface area contributed by atoms with E-state index in [1.807, 2.05) is 19.2 Å². The van der Waals surface area contributed by atoms with Crippen molar-refractivity contribution in [1.82, 2.24) is 9.78 Å². The monoisotopic (exact) mass is 338 g/mol. The number of anilines is 1. The molecule has 0 atom stereocenters. The summed E-state index contributed by atoms with van der Waals surface area (Å²) in [6.45, 7) is 3.23. The summed E-state index contributed by atoms with van der Waals surface area (Å²) >= 11 is 3.32. The number of benzene rings is 1. The van der Waals surface area contributed by atoms with Gasteiger partial charge in [0.1, 0.15) is 5.69 Å². The van der Waals surface area contributed by atoms with Crippen molar-refractivity contribution in [2.24, 2.45) is 0 Å². The predicted molar refractivity (Wildman–Crippen MR) is 80.9 cm³/mol. The van der Waals surface area contributed by atoms with Crippen LogP contribution in [0, 0.1) is 10.1 Å². The molecule has 2 aromatic rings. The molecule has 7 heteroatoms. The summed E-state index contributed by atoms with van der Waals surface area (Å²) in [4.78, 5) is 10.8. The molecule has 0 fully saturated rings. The SMILES string of the molecule is CCCNc1ccc(Cn2cc(Br)cn2)cc1[N+](=O)[O-]. The number of nitro benzene ring substituents is 1. The van der Waals surface area contributed by atoms with Crippen LogP contribution in [0.1, 0.15) is 18.9 Å². The van der Waals surface area contributed by atoms with E-state index in [-0.39, 0.29) is 10.6 Å². The minimum atomic E-state index is -0.361. The first kappa shape index (κ1) is 14.5. The van der Waals surface area contributed by atoms with E-state index in [9.17, 15) is 10.1 Å². The van der Waals surface area contributed by atoms with Crippen LogP contribution in [0.4, 0.5) is 11.4 Å². The maximum absolute atomic E-state index is 11.1. The molecule has 1 aromatic heterocycles. The summed E-state index contributed by atoms with van der Waals surface area (Å²) in [7, 11) is 0. The van der Waals surface area contributed by atoms with Crippen molar-refractivity contribution in [3.63, 3.8) is 0 Å². The van der Waals surface area contributed by atoms with E-state index in [1.54, 1.807) is 23.0 Å². The summed E-state index contributed by atoms with van der Waals surface area (Å²) in [6, 6.07) is 5.22. The van der Waals surface area contributed by atoms with Crippen molar-refractivity contribution in [3.8, 4) is 0 Å². The standard InChI is InChI=1S/C13H15BrN4O2/c1-2-5-15-12-4-3-10(6-13(12)18(19)20)8-17-9-11(14)7-16-17/h3-4,6-7,9,15H,2,5,8H2,1H3. The number of rotatable bonds is 6. The molecule has 20 heavy (non-hydrogen) atoms. The lowest BCUT2D eigenvalue weighted by Crippen LogP contribution is -2.05. The highest BCUT2D eigenvalue weighted by Crippen LogP contribution is 2.26. The zero-order chi connectivity index (χ0) is 14.5. The van der Waals surface area contributed by atoms with Gasteiger partial charge < -0.3 is 5.32 Å². The zero-order valence-electron chi connectivity index (χ0n) is 11.0. The van der Waals surface area contributed by atoms with Crippen LogP contribution in [0.15, 0.2) is 35.1 Å². The molecule has 1 aromatic carbocycles. The van der Waals surface area contributed by atoms with Gasteiger partial charge in [0.25, 0.3) is 5.69 Å². The van der Waals surface area contributed by atoms with Crippen molar-refractivity contribution < 1.29 is 4.92 Å². The first-order valence-electron chi connectivity index (χ1n) is 6.29. The second-order valence-corrected chi connectivity index (χ2v) is 5.31. The van der Waals surface area contributed by atoms with Gasteiger partial charge in [0, 0.05) is 18.8 Å². The lowest BCUT2D eigenvalue weighted by atomic mass is 10.1. The van der Waals surface area contributed by atoms with Crippen molar-refractivity contribution >= 4 is 27.3 Å². The van der Waals surface area contributed by atoms with Crippen molar-refractivity contribution in [3.05, 3.63) is 50.7 Å². The van der Waals surface area contributed by atoms with Gasteiger partial charge in [0.2, 0.25) is 0 Å². The average molecular weight is 339 g/mol. The van der Waals surface area contributed by atoms with Gasteiger partial charge >= 0.3 is 0 Å². The molecule has 0 aliphatic heterocycles. The number of nitro groups is 1. The van der Waals surface area contributed by atoms with Crippen LogP contribution in [0.25, 0.3) is 0 Å². The molecule has 0 saturated heterocycles. The molecular formula is C13H15BrN4O2. The number of hydrogen-bond donors (Lipinski definition) is 1. The Morgan fingerprint density at radius 1 is 1.50 bits per heavy atom. The molecule has 2 rings (SSSR count). The van der Waals surface area contributed by atoms with Crippen LogP contribution in [-0.2, 0) is 6.54 Å². The van der Waals surface area contributed by atoms with Gasteiger partial charge in [-0.1, -0.05) is 13.0 Å². The Morgan fingerprint density at radius 2 is 2.30 bits per heavy atom. The van der Waals surface area contributed by atoms with Gasteiger partial charge in [-0.2, -0.15) is 5.10 Å². The second kappa shape index (κ2) is 6.51. The van der Waals surface area contributed by atoms with E-state index in [0.29, 0.717) is 18.8 Å². The van der Waals surface area contributed by atoms with Crippen LogP contribution >= 0.6 is 15.9 Å². The van der Waals surface area contributed by atoms with Gasteiger partial charge in [-0.25, -0.2) is 0 Å². The van der Waals surface area contributed by atoms with Gasteiger partial charge in [0.15, 0.2) is 0 Å². The topological polar surface area (TPSA) is 73.0 Å². The van der Waals surface area contributed by atoms with Crippen molar-refractivity contribution in [1.29, 1.82) is 0 Å². The molecule has 0 saturated carbocycles. The molecule has 0 radical (unpaired) electrons. The lowest BCUT2D eigenvalue weighted by Gasteiger charge is -2.08. The Kier molecular flexibility index (Phi) is 4.73. The highest BCUT2D eigenvalue weighted by molar-refractivity contribution is 9.10. The predicted octanol–water partition coefficient (Wildman–Crippen LogP) is 3.42. The second-order valence-electron chi connectivity index (χ2n) is 4.39. The third-order valence-electron chi connectivity index (χ3n) is 2.77. The van der Waals surface area contributed by atoms with E-state index in [0.717, 1.165) is 16.5 Å². The fourth-order valence-electron chi connectivity index (χ4n) is 1.85. The normalized spacial score (nSPS) is 10.5. The van der Waals surface area contributed by atoms with E-state index in [1.165, 1.54) is 0 Å². The summed E-state index contributed by atoms with van der Waals surface area (Å²) in [5, 5.41) is 18.3. The van der Waals surface area contributed by atoms with E-state index in [2.05, 4.69) is 26.3 Å². The van der Waals surface area contributed by atoms with Crippen LogP contribution in [0.3, 0.4) is 0 Å². The van der Waals surface area contributed by atoms with Crippen LogP contribution in [-0.4, -0.2) is 21.2 Å². The maximum atomic E-state index is 11.1. The number of nitrogens with one attached hydrogen (secondary N) is 1. The summed E-state index contributed by atoms with van der Waals surface area (Å²) < 4.78 is 2.61. The molecule has 0 aliphatic rings. The molecule has 106 valence electrons. The first-order chi connectivity index (χ1) is 9.60. The Morgan fingerprint density at radius 3 is 2.90 bits per heavy atom. The lowest BCUT2D eigenvalue weighted by molar-refractivity contribution is -0.384. The van der Waals surface area contributed by atoms with E-state index in [4.69, 9.17) is 0 Å². The van der Waals surface area contributed by atoms with Crippen LogP contribution in [0.2, 0.25) is 0 Å². The van der Waals surface area contributed by atoms with Crippen molar-refractivity contribution in [2.75, 3.05) is 11.9 Å².